The number of carbonyl (C=O) groups is 1. The maximum atomic E-state index is 12.6. The van der Waals surface area contributed by atoms with E-state index in [0.29, 0.717) is 26.3 Å². The topological polar surface area (TPSA) is 61.8 Å². The standard InChI is InChI=1S/C16H25N5O2/c1-2-14-12-17-15(18-13-14)19-4-3-5-20(7-6-19)16(22)21-8-10-23-11-9-21/h12-13H,2-11H2,1H3. The van der Waals surface area contributed by atoms with Gasteiger partial charge in [0.25, 0.3) is 0 Å². The minimum absolute atomic E-state index is 0.136. The second-order valence-electron chi connectivity index (χ2n) is 5.95. The van der Waals surface area contributed by atoms with Gasteiger partial charge in [-0.05, 0) is 18.4 Å². The lowest BCUT2D eigenvalue weighted by Crippen LogP contribution is -2.49. The Morgan fingerprint density at radius 1 is 1.04 bits per heavy atom. The molecule has 0 unspecified atom stereocenters. The molecule has 126 valence electrons. The number of carbonyl (C=O) groups excluding carboxylic acids is 1. The summed E-state index contributed by atoms with van der Waals surface area (Å²) in [4.78, 5) is 27.5. The van der Waals surface area contributed by atoms with Crippen molar-refractivity contribution in [2.45, 2.75) is 19.8 Å². The number of amides is 2. The van der Waals surface area contributed by atoms with Gasteiger partial charge in [0, 0.05) is 51.7 Å². The van der Waals surface area contributed by atoms with Crippen molar-refractivity contribution in [3.63, 3.8) is 0 Å². The molecule has 0 aromatic carbocycles. The van der Waals surface area contributed by atoms with E-state index in [4.69, 9.17) is 4.74 Å². The maximum Gasteiger partial charge on any atom is 0.320 e. The second-order valence-corrected chi connectivity index (χ2v) is 5.95. The van der Waals surface area contributed by atoms with Gasteiger partial charge in [-0.15, -0.1) is 0 Å². The zero-order valence-corrected chi connectivity index (χ0v) is 13.8. The molecule has 0 aliphatic carbocycles. The third-order valence-corrected chi connectivity index (χ3v) is 4.43. The second kappa shape index (κ2) is 7.59. The van der Waals surface area contributed by atoms with E-state index in [1.807, 2.05) is 22.2 Å². The number of hydrogen-bond donors (Lipinski definition) is 0. The molecule has 2 fully saturated rings. The van der Waals surface area contributed by atoms with Crippen molar-refractivity contribution in [2.75, 3.05) is 57.4 Å². The Morgan fingerprint density at radius 3 is 2.43 bits per heavy atom. The zero-order valence-electron chi connectivity index (χ0n) is 13.8. The van der Waals surface area contributed by atoms with Crippen molar-refractivity contribution in [1.82, 2.24) is 19.8 Å². The summed E-state index contributed by atoms with van der Waals surface area (Å²) in [5.41, 5.74) is 1.15. The molecule has 3 heterocycles. The molecule has 1 aromatic heterocycles. The molecule has 2 saturated heterocycles. The number of morpholine rings is 1. The van der Waals surface area contributed by atoms with Crippen LogP contribution in [0, 0.1) is 0 Å². The van der Waals surface area contributed by atoms with Gasteiger partial charge in [0.15, 0.2) is 0 Å². The number of rotatable bonds is 2. The predicted octanol–water partition coefficient (Wildman–Crippen LogP) is 1.00. The molecule has 7 heteroatoms. The van der Waals surface area contributed by atoms with Gasteiger partial charge < -0.3 is 19.4 Å². The highest BCUT2D eigenvalue weighted by molar-refractivity contribution is 5.74. The van der Waals surface area contributed by atoms with E-state index in [2.05, 4.69) is 21.8 Å². The lowest BCUT2D eigenvalue weighted by atomic mass is 10.3. The van der Waals surface area contributed by atoms with Crippen molar-refractivity contribution >= 4 is 12.0 Å². The molecule has 1 aromatic rings. The fourth-order valence-corrected chi connectivity index (χ4v) is 2.96. The van der Waals surface area contributed by atoms with E-state index in [9.17, 15) is 4.79 Å². The van der Waals surface area contributed by atoms with E-state index in [-0.39, 0.29) is 6.03 Å². The van der Waals surface area contributed by atoms with Crippen LogP contribution in [-0.2, 0) is 11.2 Å². The average molecular weight is 319 g/mol. The zero-order chi connectivity index (χ0) is 16.1. The lowest BCUT2D eigenvalue weighted by Gasteiger charge is -2.32. The molecule has 0 radical (unpaired) electrons. The molecule has 23 heavy (non-hydrogen) atoms. The van der Waals surface area contributed by atoms with Crippen LogP contribution >= 0.6 is 0 Å². The number of aromatic nitrogens is 2. The van der Waals surface area contributed by atoms with E-state index in [1.165, 1.54) is 0 Å². The average Bonchev–Trinajstić information content (AvgIpc) is 2.88. The van der Waals surface area contributed by atoms with Crippen LogP contribution in [0.5, 0.6) is 0 Å². The molecule has 7 nitrogen and oxygen atoms in total. The van der Waals surface area contributed by atoms with Crippen LogP contribution in [0.2, 0.25) is 0 Å². The number of anilines is 1. The predicted molar refractivity (Wildman–Crippen MR) is 87.6 cm³/mol. The molecule has 3 rings (SSSR count). The molecule has 0 saturated carbocycles. The Morgan fingerprint density at radius 2 is 1.74 bits per heavy atom. The van der Waals surface area contributed by atoms with Gasteiger partial charge in [0.05, 0.1) is 13.2 Å². The molecule has 0 bridgehead atoms. The summed E-state index contributed by atoms with van der Waals surface area (Å²) >= 11 is 0. The number of urea groups is 1. The summed E-state index contributed by atoms with van der Waals surface area (Å²) < 4.78 is 5.32. The monoisotopic (exact) mass is 319 g/mol. The Bertz CT molecular complexity index is 516. The third kappa shape index (κ3) is 3.90. The molecule has 2 aliphatic heterocycles. The highest BCUT2D eigenvalue weighted by atomic mass is 16.5. The van der Waals surface area contributed by atoms with E-state index >= 15 is 0 Å². The van der Waals surface area contributed by atoms with Gasteiger partial charge in [-0.3, -0.25) is 0 Å². The van der Waals surface area contributed by atoms with Gasteiger partial charge in [0.2, 0.25) is 5.95 Å². The van der Waals surface area contributed by atoms with E-state index in [0.717, 1.165) is 50.5 Å². The first-order valence-corrected chi connectivity index (χ1v) is 8.45. The minimum Gasteiger partial charge on any atom is -0.378 e. The summed E-state index contributed by atoms with van der Waals surface area (Å²) in [6.07, 6.45) is 5.67. The lowest BCUT2D eigenvalue weighted by molar-refractivity contribution is 0.0438. The van der Waals surface area contributed by atoms with Crippen LogP contribution in [0.4, 0.5) is 10.7 Å². The molecular formula is C16H25N5O2. The van der Waals surface area contributed by atoms with Crippen molar-refractivity contribution in [3.05, 3.63) is 18.0 Å². The third-order valence-electron chi connectivity index (χ3n) is 4.43. The highest BCUT2D eigenvalue weighted by Crippen LogP contribution is 2.13. The van der Waals surface area contributed by atoms with Crippen LogP contribution < -0.4 is 4.90 Å². The number of nitrogens with zero attached hydrogens (tertiary/aromatic N) is 5. The molecule has 0 spiro atoms. The number of ether oxygens (including phenoxy) is 1. The maximum absolute atomic E-state index is 12.6. The number of aryl methyl sites for hydroxylation is 1. The van der Waals surface area contributed by atoms with Crippen molar-refractivity contribution < 1.29 is 9.53 Å². The molecule has 2 aliphatic rings. The van der Waals surface area contributed by atoms with Gasteiger partial charge in [-0.1, -0.05) is 6.92 Å². The summed E-state index contributed by atoms with van der Waals surface area (Å²) in [5, 5.41) is 0. The van der Waals surface area contributed by atoms with Crippen molar-refractivity contribution in [1.29, 1.82) is 0 Å². The normalized spacial score (nSPS) is 19.6. The quantitative estimate of drug-likeness (QED) is 0.814. The van der Waals surface area contributed by atoms with Gasteiger partial charge >= 0.3 is 6.03 Å². The Labute approximate surface area is 137 Å². The van der Waals surface area contributed by atoms with Gasteiger partial charge in [0.1, 0.15) is 0 Å². The van der Waals surface area contributed by atoms with E-state index in [1.54, 1.807) is 0 Å². The van der Waals surface area contributed by atoms with Crippen LogP contribution in [0.25, 0.3) is 0 Å². The Balaban J connectivity index is 1.58. The fraction of sp³-hybridized carbons (Fsp3) is 0.688. The summed E-state index contributed by atoms with van der Waals surface area (Å²) in [5.74, 6) is 0.767. The number of hydrogen-bond acceptors (Lipinski definition) is 5. The van der Waals surface area contributed by atoms with Gasteiger partial charge in [-0.2, -0.15) is 0 Å². The van der Waals surface area contributed by atoms with Crippen LogP contribution in [0.1, 0.15) is 18.9 Å². The van der Waals surface area contributed by atoms with Crippen LogP contribution in [0.3, 0.4) is 0 Å². The SMILES string of the molecule is CCc1cnc(N2CCCN(C(=O)N3CCOCC3)CC2)nc1. The van der Waals surface area contributed by atoms with Crippen molar-refractivity contribution in [2.24, 2.45) is 0 Å². The van der Waals surface area contributed by atoms with Gasteiger partial charge in [-0.25, -0.2) is 14.8 Å². The van der Waals surface area contributed by atoms with Crippen LogP contribution in [0.15, 0.2) is 12.4 Å². The Kier molecular flexibility index (Phi) is 5.27. The molecule has 0 atom stereocenters. The summed E-state index contributed by atoms with van der Waals surface area (Å²) in [6, 6.07) is 0.136. The first-order chi connectivity index (χ1) is 11.3. The summed E-state index contributed by atoms with van der Waals surface area (Å²) in [6.45, 7) is 7.95. The van der Waals surface area contributed by atoms with Crippen molar-refractivity contribution in [3.8, 4) is 0 Å². The summed E-state index contributed by atoms with van der Waals surface area (Å²) in [7, 11) is 0. The fourth-order valence-electron chi connectivity index (χ4n) is 2.96. The smallest absolute Gasteiger partial charge is 0.320 e. The Hall–Kier alpha value is -1.89. The first-order valence-electron chi connectivity index (χ1n) is 8.45. The highest BCUT2D eigenvalue weighted by Gasteiger charge is 2.25. The van der Waals surface area contributed by atoms with Crippen LogP contribution in [-0.4, -0.2) is 78.3 Å². The van der Waals surface area contributed by atoms with E-state index < -0.39 is 0 Å². The minimum atomic E-state index is 0.136. The first kappa shape index (κ1) is 16.0. The largest absolute Gasteiger partial charge is 0.378 e. The molecule has 2 amide bonds. The molecular weight excluding hydrogens is 294 g/mol. The molecule has 0 N–H and O–H groups in total.